The highest BCUT2D eigenvalue weighted by molar-refractivity contribution is 6.06. The minimum absolute atomic E-state index is 0.00809. The Morgan fingerprint density at radius 2 is 1.85 bits per heavy atom. The van der Waals surface area contributed by atoms with Gasteiger partial charge in [0.2, 0.25) is 0 Å². The van der Waals surface area contributed by atoms with Crippen LogP contribution in [-0.2, 0) is 0 Å². The Kier molecular flexibility index (Phi) is 5.16. The standard InChI is InChI=1S/C21H26FN3O/c1-13-11-18(23)19(24-21(26)16-9-4-5-10-17(16)22)12-20(13)25-14(2)7-6-8-15(25)3/h4-5,9-12,14-15H,6-8,23H2,1-3H3,(H,24,26). The fourth-order valence-corrected chi connectivity index (χ4v) is 3.84. The fraction of sp³-hybridized carbons (Fsp3) is 0.381. The largest absolute Gasteiger partial charge is 0.397 e. The number of halogens is 1. The van der Waals surface area contributed by atoms with E-state index in [1.165, 1.54) is 18.6 Å². The number of nitrogens with zero attached hydrogens (tertiary/aromatic N) is 1. The van der Waals surface area contributed by atoms with Crippen LogP contribution < -0.4 is 16.0 Å². The minimum atomic E-state index is -0.547. The molecule has 0 aliphatic carbocycles. The Labute approximate surface area is 154 Å². The molecular formula is C21H26FN3O. The van der Waals surface area contributed by atoms with Crippen LogP contribution in [0.2, 0.25) is 0 Å². The van der Waals surface area contributed by atoms with Crippen LogP contribution in [0.4, 0.5) is 21.5 Å². The Bertz CT molecular complexity index is 811. The first kappa shape index (κ1) is 18.2. The van der Waals surface area contributed by atoms with Gasteiger partial charge in [-0.25, -0.2) is 4.39 Å². The van der Waals surface area contributed by atoms with E-state index in [0.717, 1.165) is 24.1 Å². The van der Waals surface area contributed by atoms with E-state index in [0.29, 0.717) is 23.5 Å². The van der Waals surface area contributed by atoms with E-state index < -0.39 is 11.7 Å². The van der Waals surface area contributed by atoms with Crippen LogP contribution in [0.1, 0.15) is 49.0 Å². The third kappa shape index (κ3) is 3.52. The van der Waals surface area contributed by atoms with Crippen LogP contribution in [0.5, 0.6) is 0 Å². The summed E-state index contributed by atoms with van der Waals surface area (Å²) in [6, 6.07) is 10.6. The van der Waals surface area contributed by atoms with E-state index in [-0.39, 0.29) is 5.56 Å². The van der Waals surface area contributed by atoms with Gasteiger partial charge in [-0.2, -0.15) is 0 Å². The van der Waals surface area contributed by atoms with Crippen molar-refractivity contribution < 1.29 is 9.18 Å². The maximum absolute atomic E-state index is 13.9. The molecule has 1 fully saturated rings. The van der Waals surface area contributed by atoms with Crippen molar-refractivity contribution in [3.8, 4) is 0 Å². The zero-order chi connectivity index (χ0) is 18.8. The smallest absolute Gasteiger partial charge is 0.258 e. The lowest BCUT2D eigenvalue weighted by Crippen LogP contribution is -2.44. The second-order valence-electron chi connectivity index (χ2n) is 7.20. The summed E-state index contributed by atoms with van der Waals surface area (Å²) in [5.74, 6) is -1.04. The highest BCUT2D eigenvalue weighted by atomic mass is 19.1. The molecule has 2 unspecified atom stereocenters. The number of rotatable bonds is 3. The number of hydrogen-bond donors (Lipinski definition) is 2. The lowest BCUT2D eigenvalue weighted by Gasteiger charge is -2.42. The number of carbonyl (C=O) groups excluding carboxylic acids is 1. The normalized spacial score (nSPS) is 20.1. The van der Waals surface area contributed by atoms with Crippen LogP contribution in [0.3, 0.4) is 0 Å². The number of benzene rings is 2. The molecule has 3 rings (SSSR count). The summed E-state index contributed by atoms with van der Waals surface area (Å²) < 4.78 is 13.9. The number of hydrogen-bond acceptors (Lipinski definition) is 3. The van der Waals surface area contributed by atoms with Crippen molar-refractivity contribution in [3.63, 3.8) is 0 Å². The molecule has 0 aromatic heterocycles. The number of aryl methyl sites for hydroxylation is 1. The second kappa shape index (κ2) is 7.36. The first-order chi connectivity index (χ1) is 12.4. The molecule has 2 aromatic rings. The highest BCUT2D eigenvalue weighted by Crippen LogP contribution is 2.36. The van der Waals surface area contributed by atoms with Crippen LogP contribution >= 0.6 is 0 Å². The summed E-state index contributed by atoms with van der Waals surface area (Å²) in [4.78, 5) is 14.9. The minimum Gasteiger partial charge on any atom is -0.397 e. The summed E-state index contributed by atoms with van der Waals surface area (Å²) in [6.07, 6.45) is 3.51. The van der Waals surface area contributed by atoms with Gasteiger partial charge in [0.05, 0.1) is 16.9 Å². The fourth-order valence-electron chi connectivity index (χ4n) is 3.84. The predicted molar refractivity (Wildman–Crippen MR) is 105 cm³/mol. The number of amides is 1. The molecule has 2 atom stereocenters. The molecule has 0 bridgehead atoms. The van der Waals surface area contributed by atoms with Gasteiger partial charge in [-0.05, 0) is 69.9 Å². The molecule has 3 N–H and O–H groups in total. The molecule has 138 valence electrons. The number of nitrogens with two attached hydrogens (primary N) is 1. The monoisotopic (exact) mass is 355 g/mol. The van der Waals surface area contributed by atoms with Gasteiger partial charge in [0.1, 0.15) is 5.82 Å². The van der Waals surface area contributed by atoms with Crippen molar-refractivity contribution in [1.29, 1.82) is 0 Å². The van der Waals surface area contributed by atoms with Gasteiger partial charge in [-0.3, -0.25) is 4.79 Å². The van der Waals surface area contributed by atoms with E-state index in [1.807, 2.05) is 19.1 Å². The van der Waals surface area contributed by atoms with Gasteiger partial charge in [0.25, 0.3) is 5.91 Å². The number of nitrogens with one attached hydrogen (secondary N) is 1. The molecule has 0 radical (unpaired) electrons. The van der Waals surface area contributed by atoms with Crippen LogP contribution in [0.25, 0.3) is 0 Å². The lowest BCUT2D eigenvalue weighted by molar-refractivity contribution is 0.102. The summed E-state index contributed by atoms with van der Waals surface area (Å²) in [5.41, 5.74) is 9.28. The summed E-state index contributed by atoms with van der Waals surface area (Å²) in [5, 5.41) is 2.77. The summed E-state index contributed by atoms with van der Waals surface area (Å²) in [7, 11) is 0. The van der Waals surface area contributed by atoms with Gasteiger partial charge in [0, 0.05) is 17.8 Å². The third-order valence-corrected chi connectivity index (χ3v) is 5.21. The molecule has 0 saturated carbocycles. The van der Waals surface area contributed by atoms with Gasteiger partial charge >= 0.3 is 0 Å². The molecule has 4 nitrogen and oxygen atoms in total. The van der Waals surface area contributed by atoms with Crippen molar-refractivity contribution in [2.45, 2.75) is 52.1 Å². The number of anilines is 3. The Balaban J connectivity index is 1.93. The second-order valence-corrected chi connectivity index (χ2v) is 7.20. The van der Waals surface area contributed by atoms with Crippen LogP contribution in [-0.4, -0.2) is 18.0 Å². The van der Waals surface area contributed by atoms with E-state index >= 15 is 0 Å². The van der Waals surface area contributed by atoms with E-state index in [4.69, 9.17) is 5.73 Å². The summed E-state index contributed by atoms with van der Waals surface area (Å²) in [6.45, 7) is 6.48. The Morgan fingerprint density at radius 3 is 2.50 bits per heavy atom. The third-order valence-electron chi connectivity index (χ3n) is 5.21. The zero-order valence-electron chi connectivity index (χ0n) is 15.6. The molecule has 5 heteroatoms. The van der Waals surface area contributed by atoms with Crippen molar-refractivity contribution >= 4 is 23.0 Å². The van der Waals surface area contributed by atoms with Gasteiger partial charge in [-0.15, -0.1) is 0 Å². The first-order valence-electron chi connectivity index (χ1n) is 9.13. The van der Waals surface area contributed by atoms with Crippen molar-refractivity contribution in [2.24, 2.45) is 0 Å². The van der Waals surface area contributed by atoms with Gasteiger partial charge in [0.15, 0.2) is 0 Å². The van der Waals surface area contributed by atoms with Crippen LogP contribution in [0.15, 0.2) is 36.4 Å². The first-order valence-corrected chi connectivity index (χ1v) is 9.13. The Hall–Kier alpha value is -2.56. The maximum Gasteiger partial charge on any atom is 0.258 e. The Morgan fingerprint density at radius 1 is 1.19 bits per heavy atom. The molecule has 1 aliphatic rings. The molecule has 1 aliphatic heterocycles. The maximum atomic E-state index is 13.9. The average Bonchev–Trinajstić information content (AvgIpc) is 2.58. The zero-order valence-corrected chi connectivity index (χ0v) is 15.6. The van der Waals surface area contributed by atoms with Gasteiger partial charge in [-0.1, -0.05) is 12.1 Å². The highest BCUT2D eigenvalue weighted by Gasteiger charge is 2.26. The molecule has 1 amide bonds. The van der Waals surface area contributed by atoms with Crippen molar-refractivity contribution in [1.82, 2.24) is 0 Å². The van der Waals surface area contributed by atoms with E-state index in [2.05, 4.69) is 24.1 Å². The number of nitrogen functional groups attached to an aromatic ring is 1. The van der Waals surface area contributed by atoms with Crippen molar-refractivity contribution in [3.05, 3.63) is 53.3 Å². The molecule has 0 spiro atoms. The van der Waals surface area contributed by atoms with E-state index in [9.17, 15) is 9.18 Å². The predicted octanol–water partition coefficient (Wildman–Crippen LogP) is 4.74. The quantitative estimate of drug-likeness (QED) is 0.782. The molecule has 1 heterocycles. The lowest BCUT2D eigenvalue weighted by atomic mass is 9.95. The summed E-state index contributed by atoms with van der Waals surface area (Å²) >= 11 is 0. The number of piperidine rings is 1. The molecule has 26 heavy (non-hydrogen) atoms. The average molecular weight is 355 g/mol. The van der Waals surface area contributed by atoms with Crippen LogP contribution in [0, 0.1) is 12.7 Å². The number of carbonyl (C=O) groups is 1. The molecule has 2 aromatic carbocycles. The topological polar surface area (TPSA) is 58.4 Å². The van der Waals surface area contributed by atoms with Crippen molar-refractivity contribution in [2.75, 3.05) is 16.0 Å². The van der Waals surface area contributed by atoms with E-state index in [1.54, 1.807) is 12.1 Å². The molecule has 1 saturated heterocycles. The SMILES string of the molecule is Cc1cc(N)c(NC(=O)c2ccccc2F)cc1N1C(C)CCCC1C. The molecular weight excluding hydrogens is 329 g/mol. The van der Waals surface area contributed by atoms with Gasteiger partial charge < -0.3 is 16.0 Å².